The predicted octanol–water partition coefficient (Wildman–Crippen LogP) is 3.41. The zero-order valence-corrected chi connectivity index (χ0v) is 16.4. The maximum atomic E-state index is 13.0. The monoisotopic (exact) mass is 395 g/mol. The minimum Gasteiger partial charge on any atom is -0.352 e. The second-order valence-corrected chi connectivity index (χ2v) is 7.99. The van der Waals surface area contributed by atoms with Crippen LogP contribution in [-0.2, 0) is 0 Å². The molecule has 0 aliphatic carbocycles. The van der Waals surface area contributed by atoms with Crippen LogP contribution >= 0.6 is 22.7 Å². The van der Waals surface area contributed by atoms with Gasteiger partial charge in [0.1, 0.15) is 21.8 Å². The summed E-state index contributed by atoms with van der Waals surface area (Å²) >= 11 is 3.08. The van der Waals surface area contributed by atoms with E-state index in [0.717, 1.165) is 16.3 Å². The summed E-state index contributed by atoms with van der Waals surface area (Å²) < 4.78 is 0. The summed E-state index contributed by atoms with van der Waals surface area (Å²) in [4.78, 5) is 26.5. The molecule has 1 fully saturated rings. The Morgan fingerprint density at radius 1 is 1.26 bits per heavy atom. The third kappa shape index (κ3) is 3.44. The maximum absolute atomic E-state index is 13.0. The molecule has 0 radical (unpaired) electrons. The fourth-order valence-electron chi connectivity index (χ4n) is 3.11. The van der Waals surface area contributed by atoms with Gasteiger partial charge in [-0.3, -0.25) is 4.79 Å². The maximum Gasteiger partial charge on any atom is 0.265 e. The molecule has 1 aliphatic rings. The van der Waals surface area contributed by atoms with Crippen molar-refractivity contribution in [1.29, 1.82) is 5.26 Å². The molecule has 1 amide bonds. The zero-order chi connectivity index (χ0) is 18.8. The summed E-state index contributed by atoms with van der Waals surface area (Å²) in [5, 5.41) is 14.2. The summed E-state index contributed by atoms with van der Waals surface area (Å²) in [6, 6.07) is 7.74. The van der Waals surface area contributed by atoms with Crippen molar-refractivity contribution in [1.82, 2.24) is 14.9 Å². The Labute approximate surface area is 165 Å². The quantitative estimate of drug-likeness (QED) is 0.679. The van der Waals surface area contributed by atoms with Crippen LogP contribution in [0.15, 0.2) is 35.2 Å². The predicted molar refractivity (Wildman–Crippen MR) is 107 cm³/mol. The molecule has 136 valence electrons. The van der Waals surface area contributed by atoms with Gasteiger partial charge in [0.2, 0.25) is 0 Å². The smallest absolute Gasteiger partial charge is 0.265 e. The molecule has 8 heteroatoms. The van der Waals surface area contributed by atoms with E-state index in [0.29, 0.717) is 42.4 Å². The van der Waals surface area contributed by atoms with Gasteiger partial charge in [0.25, 0.3) is 5.91 Å². The Morgan fingerprint density at radius 2 is 2.07 bits per heavy atom. The van der Waals surface area contributed by atoms with Crippen LogP contribution in [0.3, 0.4) is 0 Å². The van der Waals surface area contributed by atoms with Crippen LogP contribution in [0.1, 0.15) is 20.9 Å². The second-order valence-electron chi connectivity index (χ2n) is 6.21. The molecular formula is C19H17N5OS2. The number of nitrogens with zero attached hydrogens (tertiary/aromatic N) is 5. The first kappa shape index (κ1) is 17.6. The summed E-state index contributed by atoms with van der Waals surface area (Å²) in [7, 11) is 0. The van der Waals surface area contributed by atoms with Gasteiger partial charge in [0, 0.05) is 43.3 Å². The SMILES string of the molecule is Cc1nc(-c2ccsc2)sc1C(=O)N1CCN(c2ncccc2C#N)CC1. The number of amides is 1. The fourth-order valence-corrected chi connectivity index (χ4v) is 4.85. The third-order valence-corrected chi connectivity index (χ3v) is 6.41. The number of aromatic nitrogens is 2. The molecule has 4 heterocycles. The number of rotatable bonds is 3. The van der Waals surface area contributed by atoms with Crippen molar-refractivity contribution in [2.45, 2.75) is 6.92 Å². The normalized spacial score (nSPS) is 14.2. The van der Waals surface area contributed by atoms with Crippen LogP contribution in [0.5, 0.6) is 0 Å². The van der Waals surface area contributed by atoms with Crippen LogP contribution in [-0.4, -0.2) is 47.0 Å². The van der Waals surface area contributed by atoms with Crippen LogP contribution in [0.25, 0.3) is 10.6 Å². The number of carbonyl (C=O) groups excluding carboxylic acids is 1. The molecule has 0 bridgehead atoms. The summed E-state index contributed by atoms with van der Waals surface area (Å²) in [6.07, 6.45) is 1.69. The van der Waals surface area contributed by atoms with E-state index in [1.54, 1.807) is 29.7 Å². The summed E-state index contributed by atoms with van der Waals surface area (Å²) in [6.45, 7) is 4.42. The molecule has 0 aromatic carbocycles. The molecule has 3 aromatic heterocycles. The lowest BCUT2D eigenvalue weighted by molar-refractivity contribution is 0.0750. The van der Waals surface area contributed by atoms with E-state index in [2.05, 4.69) is 20.9 Å². The Kier molecular flexibility index (Phi) is 4.88. The van der Waals surface area contributed by atoms with Gasteiger partial charge < -0.3 is 9.80 Å². The number of thiazole rings is 1. The second kappa shape index (κ2) is 7.47. The first-order valence-corrected chi connectivity index (χ1v) is 10.3. The van der Waals surface area contributed by atoms with E-state index in [4.69, 9.17) is 0 Å². The largest absolute Gasteiger partial charge is 0.352 e. The number of piperazine rings is 1. The van der Waals surface area contributed by atoms with E-state index in [1.807, 2.05) is 28.7 Å². The molecule has 0 spiro atoms. The minimum absolute atomic E-state index is 0.0349. The molecule has 0 atom stereocenters. The lowest BCUT2D eigenvalue weighted by atomic mass is 10.2. The lowest BCUT2D eigenvalue weighted by Gasteiger charge is -2.35. The number of nitriles is 1. The van der Waals surface area contributed by atoms with Gasteiger partial charge >= 0.3 is 0 Å². The van der Waals surface area contributed by atoms with Crippen molar-refractivity contribution in [3.63, 3.8) is 0 Å². The Bertz CT molecular complexity index is 998. The standard InChI is InChI=1S/C19H17N5OS2/c1-13-16(27-18(22-13)15-4-10-26-12-15)19(25)24-8-6-23(7-9-24)17-14(11-20)3-2-5-21-17/h2-5,10,12H,6-9H2,1H3. The molecule has 1 aliphatic heterocycles. The van der Waals surface area contributed by atoms with Gasteiger partial charge in [-0.15, -0.1) is 11.3 Å². The number of hydrogen-bond acceptors (Lipinski definition) is 7. The van der Waals surface area contributed by atoms with E-state index in [1.165, 1.54) is 11.3 Å². The highest BCUT2D eigenvalue weighted by atomic mass is 32.1. The highest BCUT2D eigenvalue weighted by molar-refractivity contribution is 7.17. The molecule has 6 nitrogen and oxygen atoms in total. The van der Waals surface area contributed by atoms with Crippen molar-refractivity contribution in [2.75, 3.05) is 31.1 Å². The third-order valence-electron chi connectivity index (χ3n) is 4.53. The molecule has 0 saturated carbocycles. The highest BCUT2D eigenvalue weighted by Crippen LogP contribution is 2.30. The van der Waals surface area contributed by atoms with Crippen molar-refractivity contribution in [3.05, 3.63) is 51.3 Å². The number of carbonyl (C=O) groups is 1. The summed E-state index contributed by atoms with van der Waals surface area (Å²) in [5.41, 5.74) is 2.41. The topological polar surface area (TPSA) is 73.1 Å². The van der Waals surface area contributed by atoms with E-state index in [9.17, 15) is 10.1 Å². The average molecular weight is 396 g/mol. The van der Waals surface area contributed by atoms with Crippen molar-refractivity contribution < 1.29 is 4.79 Å². The Morgan fingerprint density at radius 3 is 2.78 bits per heavy atom. The zero-order valence-electron chi connectivity index (χ0n) is 14.8. The first-order chi connectivity index (χ1) is 13.2. The van der Waals surface area contributed by atoms with Gasteiger partial charge in [-0.2, -0.15) is 16.6 Å². The van der Waals surface area contributed by atoms with Crippen LogP contribution in [0, 0.1) is 18.3 Å². The Balaban J connectivity index is 1.47. The number of aryl methyl sites for hydroxylation is 1. The fraction of sp³-hybridized carbons (Fsp3) is 0.263. The molecule has 1 saturated heterocycles. The first-order valence-electron chi connectivity index (χ1n) is 8.56. The molecule has 27 heavy (non-hydrogen) atoms. The van der Waals surface area contributed by atoms with Crippen LogP contribution in [0.2, 0.25) is 0 Å². The van der Waals surface area contributed by atoms with Gasteiger partial charge in [-0.25, -0.2) is 9.97 Å². The van der Waals surface area contributed by atoms with Crippen LogP contribution in [0.4, 0.5) is 5.82 Å². The molecule has 4 rings (SSSR count). The minimum atomic E-state index is 0.0349. The van der Waals surface area contributed by atoms with Gasteiger partial charge in [0.15, 0.2) is 0 Å². The number of anilines is 1. The molecule has 0 unspecified atom stereocenters. The summed E-state index contributed by atoms with van der Waals surface area (Å²) in [5.74, 6) is 0.730. The van der Waals surface area contributed by atoms with Crippen molar-refractivity contribution in [3.8, 4) is 16.6 Å². The van der Waals surface area contributed by atoms with Crippen molar-refractivity contribution in [2.24, 2.45) is 0 Å². The number of hydrogen-bond donors (Lipinski definition) is 0. The molecular weight excluding hydrogens is 378 g/mol. The van der Waals surface area contributed by atoms with Gasteiger partial charge in [-0.05, 0) is 30.5 Å². The average Bonchev–Trinajstić information content (AvgIpc) is 3.37. The van der Waals surface area contributed by atoms with E-state index < -0.39 is 0 Å². The molecule has 3 aromatic rings. The Hall–Kier alpha value is -2.76. The van der Waals surface area contributed by atoms with E-state index in [-0.39, 0.29) is 5.91 Å². The molecule has 0 N–H and O–H groups in total. The van der Waals surface area contributed by atoms with Gasteiger partial charge in [-0.1, -0.05) is 0 Å². The van der Waals surface area contributed by atoms with E-state index >= 15 is 0 Å². The lowest BCUT2D eigenvalue weighted by Crippen LogP contribution is -2.49. The van der Waals surface area contributed by atoms with Crippen molar-refractivity contribution >= 4 is 34.4 Å². The van der Waals surface area contributed by atoms with Crippen LogP contribution < -0.4 is 4.90 Å². The van der Waals surface area contributed by atoms with Gasteiger partial charge in [0.05, 0.1) is 11.3 Å². The number of thiophene rings is 1. The highest BCUT2D eigenvalue weighted by Gasteiger charge is 2.27. The number of pyridine rings is 1.